The molecule has 2 aliphatic heterocycles. The first-order valence-electron chi connectivity index (χ1n) is 10.9. The van der Waals surface area contributed by atoms with Gasteiger partial charge < -0.3 is 19.4 Å². The molecule has 0 aromatic carbocycles. The van der Waals surface area contributed by atoms with Crippen molar-refractivity contribution < 1.29 is 19.1 Å². The summed E-state index contributed by atoms with van der Waals surface area (Å²) in [6, 6.07) is 0. The van der Waals surface area contributed by atoms with Crippen molar-refractivity contribution in [3.63, 3.8) is 0 Å². The highest BCUT2D eigenvalue weighted by Crippen LogP contribution is 2.29. The monoisotopic (exact) mass is 434 g/mol. The number of carbonyl (C=O) groups is 3. The van der Waals surface area contributed by atoms with Crippen LogP contribution < -0.4 is 0 Å². The lowest BCUT2D eigenvalue weighted by Crippen LogP contribution is -2.40. The van der Waals surface area contributed by atoms with Crippen LogP contribution in [-0.2, 0) is 14.3 Å². The van der Waals surface area contributed by atoms with Gasteiger partial charge in [0.15, 0.2) is 0 Å². The van der Waals surface area contributed by atoms with E-state index in [-0.39, 0.29) is 30.4 Å². The minimum Gasteiger partial charge on any atom is -0.374 e. The van der Waals surface area contributed by atoms with Crippen molar-refractivity contribution in [2.75, 3.05) is 45.9 Å². The Bertz CT molecular complexity index is 794. The lowest BCUT2D eigenvalue weighted by molar-refractivity contribution is -0.131. The first kappa shape index (κ1) is 21.2. The molecule has 30 heavy (non-hydrogen) atoms. The molecule has 1 aromatic heterocycles. The summed E-state index contributed by atoms with van der Waals surface area (Å²) in [5.41, 5.74) is 0.396. The van der Waals surface area contributed by atoms with E-state index in [2.05, 4.69) is 4.98 Å². The van der Waals surface area contributed by atoms with E-state index in [4.69, 9.17) is 4.74 Å². The summed E-state index contributed by atoms with van der Waals surface area (Å²) in [6.45, 7) is 5.54. The highest BCUT2D eigenvalue weighted by atomic mass is 32.1. The predicted octanol–water partition coefficient (Wildman–Crippen LogP) is 1.54. The molecule has 0 bridgehead atoms. The molecule has 9 heteroatoms. The molecule has 0 N–H and O–H groups in total. The number of rotatable bonds is 8. The van der Waals surface area contributed by atoms with Crippen LogP contribution in [0.1, 0.15) is 47.6 Å². The summed E-state index contributed by atoms with van der Waals surface area (Å²) in [5, 5.41) is 2.58. The van der Waals surface area contributed by atoms with Crippen LogP contribution in [0, 0.1) is 12.8 Å². The van der Waals surface area contributed by atoms with Crippen molar-refractivity contribution in [2.45, 2.75) is 45.1 Å². The molecule has 1 aromatic rings. The van der Waals surface area contributed by atoms with E-state index in [1.807, 2.05) is 11.8 Å². The maximum Gasteiger partial charge on any atom is 0.273 e. The van der Waals surface area contributed by atoms with Crippen LogP contribution in [0.4, 0.5) is 0 Å². The Kier molecular flexibility index (Phi) is 6.67. The van der Waals surface area contributed by atoms with Crippen molar-refractivity contribution >= 4 is 29.1 Å². The molecule has 1 aliphatic carbocycles. The largest absolute Gasteiger partial charge is 0.374 e. The fourth-order valence-corrected chi connectivity index (χ4v) is 4.62. The molecular weight excluding hydrogens is 404 g/mol. The maximum atomic E-state index is 12.9. The molecule has 3 fully saturated rings. The van der Waals surface area contributed by atoms with Crippen LogP contribution in [0.25, 0.3) is 0 Å². The Morgan fingerprint density at radius 3 is 2.67 bits per heavy atom. The van der Waals surface area contributed by atoms with Crippen LogP contribution in [0.5, 0.6) is 0 Å². The van der Waals surface area contributed by atoms with Gasteiger partial charge in [-0.3, -0.25) is 14.4 Å². The third kappa shape index (κ3) is 5.37. The van der Waals surface area contributed by atoms with Gasteiger partial charge in [0.05, 0.1) is 11.1 Å². The molecule has 8 nitrogen and oxygen atoms in total. The zero-order valence-electron chi connectivity index (χ0n) is 17.5. The number of nitrogens with zero attached hydrogens (tertiary/aromatic N) is 4. The number of carbonyl (C=O) groups excluding carboxylic acids is 3. The Hall–Kier alpha value is -2.00. The fourth-order valence-electron chi connectivity index (χ4n) is 4.03. The van der Waals surface area contributed by atoms with Gasteiger partial charge in [-0.1, -0.05) is 0 Å². The van der Waals surface area contributed by atoms with Crippen molar-refractivity contribution in [3.05, 3.63) is 16.1 Å². The number of amides is 3. The number of likely N-dealkylation sites (tertiary alicyclic amines) is 1. The normalized spacial score (nSPS) is 22.7. The van der Waals surface area contributed by atoms with E-state index in [0.29, 0.717) is 50.8 Å². The average molecular weight is 435 g/mol. The average Bonchev–Trinajstić information content (AvgIpc) is 3.36. The first-order chi connectivity index (χ1) is 14.5. The number of aryl methyl sites for hydroxylation is 1. The van der Waals surface area contributed by atoms with Gasteiger partial charge in [-0.15, -0.1) is 11.3 Å². The molecule has 1 atom stereocenters. The molecular formula is C21H30N4O4S. The summed E-state index contributed by atoms with van der Waals surface area (Å²) in [7, 11) is 0. The predicted molar refractivity (Wildman–Crippen MR) is 112 cm³/mol. The number of aromatic nitrogens is 1. The van der Waals surface area contributed by atoms with Crippen LogP contribution in [-0.4, -0.2) is 89.4 Å². The molecule has 1 saturated carbocycles. The minimum atomic E-state index is -0.211. The highest BCUT2D eigenvalue weighted by Gasteiger charge is 2.33. The molecule has 3 amide bonds. The van der Waals surface area contributed by atoms with E-state index < -0.39 is 0 Å². The number of hydrogen-bond donors (Lipinski definition) is 0. The molecule has 2 saturated heterocycles. The van der Waals surface area contributed by atoms with Gasteiger partial charge in [-0.05, 0) is 38.5 Å². The van der Waals surface area contributed by atoms with Gasteiger partial charge in [-0.25, -0.2) is 4.98 Å². The Labute approximate surface area is 181 Å². The van der Waals surface area contributed by atoms with Crippen LogP contribution in [0.15, 0.2) is 5.38 Å². The fraction of sp³-hybridized carbons (Fsp3) is 0.714. The molecule has 0 unspecified atom stereocenters. The molecule has 3 heterocycles. The molecule has 164 valence electrons. The van der Waals surface area contributed by atoms with Gasteiger partial charge in [0.1, 0.15) is 12.2 Å². The number of thiazole rings is 1. The van der Waals surface area contributed by atoms with Crippen LogP contribution in [0.2, 0.25) is 0 Å². The quantitative estimate of drug-likeness (QED) is 0.620. The Morgan fingerprint density at radius 2 is 2.00 bits per heavy atom. The summed E-state index contributed by atoms with van der Waals surface area (Å²) in [4.78, 5) is 47.2. The lowest BCUT2D eigenvalue weighted by atomic mass is 10.2. The summed E-state index contributed by atoms with van der Waals surface area (Å²) in [5.74, 6) is 0.542. The topological polar surface area (TPSA) is 83.1 Å². The van der Waals surface area contributed by atoms with Crippen molar-refractivity contribution in [1.82, 2.24) is 19.7 Å². The van der Waals surface area contributed by atoms with E-state index >= 15 is 0 Å². The SMILES string of the molecule is Cc1nc(C(=O)N2CC(=O)N(CCCN3CCCC3=O)C[C@H](OCC3CC3)C2)cs1. The third-order valence-electron chi connectivity index (χ3n) is 5.94. The summed E-state index contributed by atoms with van der Waals surface area (Å²) < 4.78 is 6.11. The Balaban J connectivity index is 1.39. The summed E-state index contributed by atoms with van der Waals surface area (Å²) in [6.07, 6.45) is 4.49. The number of ether oxygens (including phenoxy) is 1. The van der Waals surface area contributed by atoms with Gasteiger partial charge in [0.2, 0.25) is 11.8 Å². The second-order valence-corrected chi connectivity index (χ2v) is 9.58. The molecule has 3 aliphatic rings. The highest BCUT2D eigenvalue weighted by molar-refractivity contribution is 7.09. The third-order valence-corrected chi connectivity index (χ3v) is 6.72. The van der Waals surface area contributed by atoms with Gasteiger partial charge in [0.25, 0.3) is 5.91 Å². The van der Waals surface area contributed by atoms with Crippen LogP contribution in [0.3, 0.4) is 0 Å². The Morgan fingerprint density at radius 1 is 1.20 bits per heavy atom. The van der Waals surface area contributed by atoms with Gasteiger partial charge in [-0.2, -0.15) is 0 Å². The second kappa shape index (κ2) is 9.43. The van der Waals surface area contributed by atoms with E-state index in [1.54, 1.807) is 15.2 Å². The zero-order chi connectivity index (χ0) is 21.1. The van der Waals surface area contributed by atoms with Gasteiger partial charge >= 0.3 is 0 Å². The van der Waals surface area contributed by atoms with Crippen LogP contribution >= 0.6 is 11.3 Å². The second-order valence-electron chi connectivity index (χ2n) is 8.51. The van der Waals surface area contributed by atoms with Gasteiger partial charge in [0, 0.05) is 51.1 Å². The van der Waals surface area contributed by atoms with E-state index in [1.165, 1.54) is 24.2 Å². The van der Waals surface area contributed by atoms with E-state index in [9.17, 15) is 14.4 Å². The molecule has 0 spiro atoms. The molecule has 0 radical (unpaired) electrons. The van der Waals surface area contributed by atoms with E-state index in [0.717, 1.165) is 24.4 Å². The van der Waals surface area contributed by atoms with Crippen molar-refractivity contribution in [2.24, 2.45) is 5.92 Å². The van der Waals surface area contributed by atoms with Crippen molar-refractivity contribution in [3.8, 4) is 0 Å². The van der Waals surface area contributed by atoms with Crippen molar-refractivity contribution in [1.29, 1.82) is 0 Å². The first-order valence-corrected chi connectivity index (χ1v) is 11.8. The molecule has 4 rings (SSSR count). The number of hydrogen-bond acceptors (Lipinski definition) is 6. The smallest absolute Gasteiger partial charge is 0.273 e. The lowest BCUT2D eigenvalue weighted by Gasteiger charge is -2.25. The zero-order valence-corrected chi connectivity index (χ0v) is 18.4. The standard InChI is InChI=1S/C21H30N4O4S/c1-15-22-18(14-30-15)21(28)25-11-17(29-13-16-5-6-16)10-24(20(27)12-25)9-3-8-23-7-2-4-19(23)26/h14,16-17H,2-13H2,1H3/t17-/m0/s1. The minimum absolute atomic E-state index is 0.0430. The maximum absolute atomic E-state index is 12.9. The summed E-state index contributed by atoms with van der Waals surface area (Å²) >= 11 is 1.43.